The van der Waals surface area contributed by atoms with E-state index in [0.29, 0.717) is 12.6 Å². The van der Waals surface area contributed by atoms with Crippen LogP contribution in [0.4, 0.5) is 5.69 Å². The molecule has 1 saturated heterocycles. The van der Waals surface area contributed by atoms with Gasteiger partial charge in [-0.05, 0) is 23.6 Å². The quantitative estimate of drug-likeness (QED) is 0.918. The van der Waals surface area contributed by atoms with Crippen LogP contribution in [-0.2, 0) is 16.6 Å². The summed E-state index contributed by atoms with van der Waals surface area (Å²) in [6, 6.07) is 8.21. The SMILES string of the molecule is CC1CN(c2ccc(CNC(C)C)cc2)S(=O)(=O)C1. The van der Waals surface area contributed by atoms with Gasteiger partial charge in [-0.3, -0.25) is 4.31 Å². The Bertz CT molecular complexity index is 523. The van der Waals surface area contributed by atoms with Gasteiger partial charge in [0.05, 0.1) is 11.4 Å². The maximum atomic E-state index is 12.0. The highest BCUT2D eigenvalue weighted by atomic mass is 32.2. The van der Waals surface area contributed by atoms with Gasteiger partial charge >= 0.3 is 0 Å². The molecule has 0 amide bonds. The molecule has 4 nitrogen and oxygen atoms in total. The van der Waals surface area contributed by atoms with Crippen LogP contribution in [-0.4, -0.2) is 26.8 Å². The van der Waals surface area contributed by atoms with Crippen molar-refractivity contribution in [2.24, 2.45) is 5.92 Å². The minimum absolute atomic E-state index is 0.201. The second-order valence-electron chi connectivity index (χ2n) is 5.62. The highest BCUT2D eigenvalue weighted by Crippen LogP contribution is 2.26. The van der Waals surface area contributed by atoms with E-state index in [-0.39, 0.29) is 11.7 Å². The van der Waals surface area contributed by atoms with Crippen molar-refractivity contribution in [2.75, 3.05) is 16.6 Å². The number of nitrogens with one attached hydrogen (secondary N) is 1. The number of benzene rings is 1. The predicted molar refractivity (Wildman–Crippen MR) is 78.7 cm³/mol. The molecule has 1 aromatic carbocycles. The van der Waals surface area contributed by atoms with Crippen molar-refractivity contribution in [3.05, 3.63) is 29.8 Å². The number of nitrogens with zero attached hydrogens (tertiary/aromatic N) is 1. The largest absolute Gasteiger partial charge is 0.310 e. The van der Waals surface area contributed by atoms with Crippen molar-refractivity contribution in [1.29, 1.82) is 0 Å². The van der Waals surface area contributed by atoms with Gasteiger partial charge in [0.25, 0.3) is 0 Å². The van der Waals surface area contributed by atoms with Gasteiger partial charge in [0.1, 0.15) is 0 Å². The topological polar surface area (TPSA) is 49.4 Å². The van der Waals surface area contributed by atoms with Crippen molar-refractivity contribution >= 4 is 15.7 Å². The normalized spacial score (nSPS) is 22.1. The minimum Gasteiger partial charge on any atom is -0.310 e. The van der Waals surface area contributed by atoms with Crippen LogP contribution in [0.25, 0.3) is 0 Å². The molecule has 2 rings (SSSR count). The first-order chi connectivity index (χ1) is 8.88. The molecular formula is C14H22N2O2S. The fourth-order valence-corrected chi connectivity index (χ4v) is 4.20. The van der Waals surface area contributed by atoms with E-state index in [9.17, 15) is 8.42 Å². The number of sulfonamides is 1. The van der Waals surface area contributed by atoms with Crippen LogP contribution < -0.4 is 9.62 Å². The zero-order chi connectivity index (χ0) is 14.0. The zero-order valence-electron chi connectivity index (χ0n) is 11.8. The van der Waals surface area contributed by atoms with Gasteiger partial charge in [-0.25, -0.2) is 8.42 Å². The third-order valence-electron chi connectivity index (χ3n) is 3.25. The molecule has 0 saturated carbocycles. The summed E-state index contributed by atoms with van der Waals surface area (Å²) in [6.07, 6.45) is 0. The Kier molecular flexibility index (Phi) is 4.16. The second kappa shape index (κ2) is 5.51. The number of hydrogen-bond donors (Lipinski definition) is 1. The number of rotatable bonds is 4. The first kappa shape index (κ1) is 14.3. The van der Waals surface area contributed by atoms with Crippen LogP contribution in [0.2, 0.25) is 0 Å². The van der Waals surface area contributed by atoms with Crippen LogP contribution in [0.5, 0.6) is 0 Å². The monoisotopic (exact) mass is 282 g/mol. The molecule has 1 fully saturated rings. The first-order valence-corrected chi connectivity index (χ1v) is 8.32. The number of anilines is 1. The Morgan fingerprint density at radius 1 is 1.32 bits per heavy atom. The van der Waals surface area contributed by atoms with Crippen LogP contribution in [0.3, 0.4) is 0 Å². The van der Waals surface area contributed by atoms with Gasteiger partial charge in [-0.2, -0.15) is 0 Å². The molecule has 1 aromatic rings. The lowest BCUT2D eigenvalue weighted by molar-refractivity contribution is 0.589. The summed E-state index contributed by atoms with van der Waals surface area (Å²) in [6.45, 7) is 7.57. The van der Waals surface area contributed by atoms with Gasteiger partial charge < -0.3 is 5.32 Å². The molecule has 1 heterocycles. The third kappa shape index (κ3) is 3.48. The van der Waals surface area contributed by atoms with Crippen LogP contribution in [0.15, 0.2) is 24.3 Å². The fourth-order valence-electron chi connectivity index (χ4n) is 2.27. The lowest BCUT2D eigenvalue weighted by Gasteiger charge is -2.17. The van der Waals surface area contributed by atoms with E-state index >= 15 is 0 Å². The fraction of sp³-hybridized carbons (Fsp3) is 0.571. The molecule has 0 bridgehead atoms. The number of hydrogen-bond acceptors (Lipinski definition) is 3. The van der Waals surface area contributed by atoms with E-state index in [2.05, 4.69) is 19.2 Å². The van der Waals surface area contributed by atoms with E-state index in [4.69, 9.17) is 0 Å². The minimum atomic E-state index is -3.11. The molecule has 0 aliphatic carbocycles. The maximum absolute atomic E-state index is 12.0. The second-order valence-corrected chi connectivity index (χ2v) is 7.55. The summed E-state index contributed by atoms with van der Waals surface area (Å²) < 4.78 is 25.5. The van der Waals surface area contributed by atoms with Crippen molar-refractivity contribution in [2.45, 2.75) is 33.4 Å². The van der Waals surface area contributed by atoms with Crippen molar-refractivity contribution in [3.63, 3.8) is 0 Å². The van der Waals surface area contributed by atoms with E-state index < -0.39 is 10.0 Å². The summed E-state index contributed by atoms with van der Waals surface area (Å²) in [7, 11) is -3.11. The summed E-state index contributed by atoms with van der Waals surface area (Å²) >= 11 is 0. The molecule has 0 aromatic heterocycles. The van der Waals surface area contributed by atoms with Crippen LogP contribution >= 0.6 is 0 Å². The summed E-state index contributed by atoms with van der Waals surface area (Å²) in [5, 5.41) is 3.34. The zero-order valence-corrected chi connectivity index (χ0v) is 12.6. The molecule has 106 valence electrons. The van der Waals surface area contributed by atoms with Crippen LogP contribution in [0.1, 0.15) is 26.3 Å². The molecule has 5 heteroatoms. The van der Waals surface area contributed by atoms with E-state index in [1.807, 2.05) is 31.2 Å². The van der Waals surface area contributed by atoms with Gasteiger partial charge in [-0.1, -0.05) is 32.9 Å². The molecule has 1 unspecified atom stereocenters. The van der Waals surface area contributed by atoms with Gasteiger partial charge in [0.15, 0.2) is 0 Å². The smallest absolute Gasteiger partial charge is 0.235 e. The summed E-state index contributed by atoms with van der Waals surface area (Å²) in [5.74, 6) is 0.455. The average molecular weight is 282 g/mol. The molecule has 0 radical (unpaired) electrons. The van der Waals surface area contributed by atoms with Gasteiger partial charge in [0.2, 0.25) is 10.0 Å². The Hall–Kier alpha value is -1.07. The maximum Gasteiger partial charge on any atom is 0.235 e. The van der Waals surface area contributed by atoms with Crippen molar-refractivity contribution < 1.29 is 8.42 Å². The third-order valence-corrected chi connectivity index (χ3v) is 5.27. The molecule has 1 atom stereocenters. The summed E-state index contributed by atoms with van der Waals surface area (Å²) in [4.78, 5) is 0. The first-order valence-electron chi connectivity index (χ1n) is 6.71. The lowest BCUT2D eigenvalue weighted by Crippen LogP contribution is -2.25. The Labute approximate surface area is 115 Å². The Balaban J connectivity index is 2.10. The Morgan fingerprint density at radius 3 is 2.42 bits per heavy atom. The molecule has 1 N–H and O–H groups in total. The predicted octanol–water partition coefficient (Wildman–Crippen LogP) is 1.97. The van der Waals surface area contributed by atoms with Crippen LogP contribution in [0, 0.1) is 5.92 Å². The standard InChI is InChI=1S/C14H22N2O2S/c1-11(2)15-8-13-4-6-14(7-5-13)16-9-12(3)10-19(16,17)18/h4-7,11-12,15H,8-10H2,1-3H3. The average Bonchev–Trinajstić information content (AvgIpc) is 2.60. The lowest BCUT2D eigenvalue weighted by atomic mass is 10.2. The molecule has 19 heavy (non-hydrogen) atoms. The van der Waals surface area contributed by atoms with E-state index in [0.717, 1.165) is 12.2 Å². The van der Waals surface area contributed by atoms with E-state index in [1.54, 1.807) is 0 Å². The molecule has 1 aliphatic heterocycles. The molecule has 0 spiro atoms. The highest BCUT2D eigenvalue weighted by Gasteiger charge is 2.33. The molecular weight excluding hydrogens is 260 g/mol. The molecule has 1 aliphatic rings. The van der Waals surface area contributed by atoms with E-state index in [1.165, 1.54) is 9.87 Å². The van der Waals surface area contributed by atoms with Gasteiger partial charge in [-0.15, -0.1) is 0 Å². The Morgan fingerprint density at radius 2 is 1.95 bits per heavy atom. The van der Waals surface area contributed by atoms with Gasteiger partial charge in [0, 0.05) is 19.1 Å². The summed E-state index contributed by atoms with van der Waals surface area (Å²) in [5.41, 5.74) is 1.94. The highest BCUT2D eigenvalue weighted by molar-refractivity contribution is 7.93. The van der Waals surface area contributed by atoms with Crippen molar-refractivity contribution in [1.82, 2.24) is 5.32 Å². The van der Waals surface area contributed by atoms with Crippen molar-refractivity contribution in [3.8, 4) is 0 Å².